The number of nitrogens with zero attached hydrogens (tertiary/aromatic N) is 3. The summed E-state index contributed by atoms with van der Waals surface area (Å²) in [5.41, 5.74) is 0. The molecular weight excluding hydrogens is 202 g/mol. The van der Waals surface area contributed by atoms with Crippen molar-refractivity contribution in [2.24, 2.45) is 0 Å². The van der Waals surface area contributed by atoms with Crippen LogP contribution in [0, 0.1) is 18.3 Å². The van der Waals surface area contributed by atoms with Gasteiger partial charge in [0.1, 0.15) is 12.4 Å². The van der Waals surface area contributed by atoms with Crippen LogP contribution >= 0.6 is 0 Å². The van der Waals surface area contributed by atoms with Gasteiger partial charge in [-0.3, -0.25) is 0 Å². The fourth-order valence-electron chi connectivity index (χ4n) is 1.72. The Balaban J connectivity index is 2.45. The zero-order valence-electron chi connectivity index (χ0n) is 10.1. The summed E-state index contributed by atoms with van der Waals surface area (Å²) in [4.78, 5) is 0. The molecule has 1 aromatic rings. The van der Waals surface area contributed by atoms with Gasteiger partial charge in [-0.15, -0.1) is 0 Å². The summed E-state index contributed by atoms with van der Waals surface area (Å²) < 4.78 is 9.46. The van der Waals surface area contributed by atoms with Crippen LogP contribution in [0.25, 0.3) is 0 Å². The van der Waals surface area contributed by atoms with Crippen molar-refractivity contribution in [2.45, 2.75) is 39.3 Å². The van der Waals surface area contributed by atoms with Gasteiger partial charge < -0.3 is 4.74 Å². The Bertz CT molecular complexity index is 352. The fourth-order valence-corrected chi connectivity index (χ4v) is 1.72. The first kappa shape index (κ1) is 12.7. The number of imidazole rings is 1. The lowest BCUT2D eigenvalue weighted by molar-refractivity contribution is -0.703. The molecule has 1 heterocycles. The number of hydrogen-bond acceptors (Lipinski definition) is 2. The molecule has 0 bridgehead atoms. The van der Waals surface area contributed by atoms with Crippen molar-refractivity contribution in [1.29, 1.82) is 5.26 Å². The van der Waals surface area contributed by atoms with Crippen LogP contribution in [-0.4, -0.2) is 18.3 Å². The van der Waals surface area contributed by atoms with E-state index in [-0.39, 0.29) is 0 Å². The molecule has 0 saturated carbocycles. The van der Waals surface area contributed by atoms with Gasteiger partial charge in [-0.1, -0.05) is 0 Å². The quantitative estimate of drug-likeness (QED) is 0.517. The maximum absolute atomic E-state index is 8.48. The molecule has 0 amide bonds. The summed E-state index contributed by atoms with van der Waals surface area (Å²) in [6, 6.07) is 2.17. The minimum atomic E-state index is 0.626. The van der Waals surface area contributed by atoms with E-state index in [1.165, 1.54) is 5.82 Å². The average Bonchev–Trinajstić information content (AvgIpc) is 2.62. The minimum absolute atomic E-state index is 0.626. The van der Waals surface area contributed by atoms with Gasteiger partial charge in [-0.25, -0.2) is 9.13 Å². The molecule has 0 unspecified atom stereocenters. The Labute approximate surface area is 97.1 Å². The van der Waals surface area contributed by atoms with E-state index < -0.39 is 0 Å². The first-order chi connectivity index (χ1) is 7.79. The van der Waals surface area contributed by atoms with Gasteiger partial charge in [0.15, 0.2) is 0 Å². The highest BCUT2D eigenvalue weighted by atomic mass is 16.5. The largest absolute Gasteiger partial charge is 0.385 e. The molecule has 0 saturated heterocycles. The number of aryl methyl sites for hydroxylation is 2. The van der Waals surface area contributed by atoms with Crippen molar-refractivity contribution in [1.82, 2.24) is 4.57 Å². The average molecular weight is 222 g/mol. The number of unbranched alkanes of at least 4 members (excludes halogenated alkanes) is 1. The number of hydrogen-bond donors (Lipinski definition) is 0. The van der Waals surface area contributed by atoms with Gasteiger partial charge >= 0.3 is 0 Å². The van der Waals surface area contributed by atoms with Crippen molar-refractivity contribution in [3.63, 3.8) is 0 Å². The molecule has 1 aromatic heterocycles. The third-order valence-corrected chi connectivity index (χ3v) is 2.69. The molecule has 4 heteroatoms. The van der Waals surface area contributed by atoms with Crippen molar-refractivity contribution < 1.29 is 9.30 Å². The third-order valence-electron chi connectivity index (χ3n) is 2.69. The maximum atomic E-state index is 8.48. The van der Waals surface area contributed by atoms with E-state index in [2.05, 4.69) is 34.5 Å². The van der Waals surface area contributed by atoms with E-state index in [0.717, 1.165) is 32.5 Å². The van der Waals surface area contributed by atoms with Crippen molar-refractivity contribution >= 4 is 0 Å². The zero-order chi connectivity index (χ0) is 11.8. The number of ether oxygens (including phenoxy) is 1. The van der Waals surface area contributed by atoms with Gasteiger partial charge in [-0.05, 0) is 6.42 Å². The van der Waals surface area contributed by atoms with E-state index in [1.807, 2.05) is 0 Å². The maximum Gasteiger partial charge on any atom is 0.253 e. The lowest BCUT2D eigenvalue weighted by atomic mass is 10.3. The SMILES string of the molecule is COCCC[n+]1ccn(CCCC#N)c1C. The van der Waals surface area contributed by atoms with Crippen LogP contribution in [0.15, 0.2) is 12.4 Å². The van der Waals surface area contributed by atoms with Crippen molar-refractivity contribution in [3.05, 3.63) is 18.2 Å². The van der Waals surface area contributed by atoms with E-state index in [1.54, 1.807) is 7.11 Å². The molecular formula is C12H20N3O+. The summed E-state index contributed by atoms with van der Waals surface area (Å²) >= 11 is 0. The smallest absolute Gasteiger partial charge is 0.253 e. The predicted molar refractivity (Wildman–Crippen MR) is 60.7 cm³/mol. The molecule has 88 valence electrons. The molecule has 0 fully saturated rings. The third kappa shape index (κ3) is 3.67. The molecule has 0 atom stereocenters. The summed E-state index contributed by atoms with van der Waals surface area (Å²) in [5.74, 6) is 1.24. The Morgan fingerprint density at radius 3 is 3.00 bits per heavy atom. The molecule has 0 aliphatic heterocycles. The molecule has 0 aliphatic rings. The first-order valence-corrected chi connectivity index (χ1v) is 5.70. The van der Waals surface area contributed by atoms with E-state index in [4.69, 9.17) is 10.00 Å². The van der Waals surface area contributed by atoms with Crippen LogP contribution in [0.4, 0.5) is 0 Å². The molecule has 0 N–H and O–H groups in total. The number of nitriles is 1. The topological polar surface area (TPSA) is 41.8 Å². The van der Waals surface area contributed by atoms with E-state index in [0.29, 0.717) is 6.42 Å². The highest BCUT2D eigenvalue weighted by molar-refractivity contribution is 4.80. The molecule has 0 aromatic carbocycles. The normalized spacial score (nSPS) is 10.3. The van der Waals surface area contributed by atoms with Gasteiger partial charge in [0.2, 0.25) is 0 Å². The predicted octanol–water partition coefficient (Wildman–Crippen LogP) is 1.42. The van der Waals surface area contributed by atoms with E-state index in [9.17, 15) is 0 Å². The highest BCUT2D eigenvalue weighted by Gasteiger charge is 2.10. The second-order valence-electron chi connectivity index (χ2n) is 3.84. The van der Waals surface area contributed by atoms with Crippen molar-refractivity contribution in [3.8, 4) is 6.07 Å². The molecule has 0 spiro atoms. The summed E-state index contributed by atoms with van der Waals surface area (Å²) in [7, 11) is 1.73. The van der Waals surface area contributed by atoms with Gasteiger partial charge in [0.25, 0.3) is 5.82 Å². The lowest BCUT2D eigenvalue weighted by Gasteiger charge is -2.00. The molecule has 4 nitrogen and oxygen atoms in total. The van der Waals surface area contributed by atoms with Crippen LogP contribution < -0.4 is 4.57 Å². The van der Waals surface area contributed by atoms with Crippen LogP contribution in [0.2, 0.25) is 0 Å². The van der Waals surface area contributed by atoms with Gasteiger partial charge in [0, 0.05) is 33.5 Å². The second kappa shape index (κ2) is 7.02. The number of methoxy groups -OCH3 is 1. The van der Waals surface area contributed by atoms with E-state index >= 15 is 0 Å². The minimum Gasteiger partial charge on any atom is -0.385 e. The van der Waals surface area contributed by atoms with Crippen LogP contribution in [0.3, 0.4) is 0 Å². The van der Waals surface area contributed by atoms with Gasteiger partial charge in [-0.2, -0.15) is 5.26 Å². The Kier molecular flexibility index (Phi) is 5.58. The number of aromatic nitrogens is 2. The van der Waals surface area contributed by atoms with Crippen LogP contribution in [0.1, 0.15) is 25.1 Å². The fraction of sp³-hybridized carbons (Fsp3) is 0.667. The molecule has 0 radical (unpaired) electrons. The Morgan fingerprint density at radius 2 is 2.31 bits per heavy atom. The lowest BCUT2D eigenvalue weighted by Crippen LogP contribution is -2.36. The Morgan fingerprint density at radius 1 is 1.50 bits per heavy atom. The summed E-state index contributed by atoms with van der Waals surface area (Å²) in [6.45, 7) is 4.83. The summed E-state index contributed by atoms with van der Waals surface area (Å²) in [6.07, 6.45) is 6.76. The van der Waals surface area contributed by atoms with Gasteiger partial charge in [0.05, 0.1) is 19.2 Å². The molecule has 0 aliphatic carbocycles. The molecule has 16 heavy (non-hydrogen) atoms. The first-order valence-electron chi connectivity index (χ1n) is 5.70. The zero-order valence-corrected chi connectivity index (χ0v) is 10.1. The molecule has 1 rings (SSSR count). The van der Waals surface area contributed by atoms with Crippen LogP contribution in [0.5, 0.6) is 0 Å². The van der Waals surface area contributed by atoms with Crippen LogP contribution in [-0.2, 0) is 17.8 Å². The number of rotatable bonds is 7. The monoisotopic (exact) mass is 222 g/mol. The highest BCUT2D eigenvalue weighted by Crippen LogP contribution is 1.98. The summed E-state index contributed by atoms with van der Waals surface area (Å²) in [5, 5.41) is 8.48. The van der Waals surface area contributed by atoms with Crippen molar-refractivity contribution in [2.75, 3.05) is 13.7 Å². The Hall–Kier alpha value is -1.34. The standard InChI is InChI=1S/C12H20N3O/c1-12-14(7-4-3-6-13)9-10-15(12)8-5-11-16-2/h9-10H,3-5,7-8,11H2,1-2H3/q+1. The second-order valence-corrected chi connectivity index (χ2v) is 3.84.